The minimum atomic E-state index is 0.373. The molecule has 0 spiro atoms. The first-order valence-corrected chi connectivity index (χ1v) is 4.85. The zero-order valence-electron chi connectivity index (χ0n) is 8.14. The molecular weight excluding hydrogens is 136 g/mol. The predicted molar refractivity (Wildman–Crippen MR) is 49.6 cm³/mol. The van der Waals surface area contributed by atoms with E-state index in [0.29, 0.717) is 12.5 Å². The van der Waals surface area contributed by atoms with Gasteiger partial charge in [0, 0.05) is 6.61 Å². The van der Waals surface area contributed by atoms with Crippen LogP contribution < -0.4 is 0 Å². The topological polar surface area (TPSA) is 20.2 Å². The summed E-state index contributed by atoms with van der Waals surface area (Å²) in [6.45, 7) is 7.03. The Balaban J connectivity index is 3.49. The molecule has 1 nitrogen and oxygen atoms in total. The summed E-state index contributed by atoms with van der Waals surface area (Å²) in [4.78, 5) is 0. The van der Waals surface area contributed by atoms with Crippen LogP contribution in [0.15, 0.2) is 0 Å². The molecule has 0 rings (SSSR count). The highest BCUT2D eigenvalue weighted by molar-refractivity contribution is 4.61. The van der Waals surface area contributed by atoms with Gasteiger partial charge in [-0.1, -0.05) is 33.6 Å². The lowest BCUT2D eigenvalue weighted by Gasteiger charge is -2.16. The molecule has 1 heteroatoms. The Labute approximate surface area is 70.8 Å². The van der Waals surface area contributed by atoms with Gasteiger partial charge in [-0.25, -0.2) is 0 Å². The maximum Gasteiger partial charge on any atom is 0.0459 e. The van der Waals surface area contributed by atoms with E-state index >= 15 is 0 Å². The zero-order chi connectivity index (χ0) is 8.69. The molecule has 0 radical (unpaired) electrons. The molecule has 0 aliphatic carbocycles. The van der Waals surface area contributed by atoms with Crippen LogP contribution in [0.2, 0.25) is 0 Å². The van der Waals surface area contributed by atoms with Crippen molar-refractivity contribution in [3.05, 3.63) is 0 Å². The van der Waals surface area contributed by atoms with Gasteiger partial charge in [0.1, 0.15) is 0 Å². The standard InChI is InChI=1S/C10H22O/c1-4-6-10(8-11)7-9(3)5-2/h9-11H,4-8H2,1-3H3/t9-,10-/m1/s1. The van der Waals surface area contributed by atoms with E-state index in [1.165, 1.54) is 25.7 Å². The molecule has 1 N–H and O–H groups in total. The van der Waals surface area contributed by atoms with Crippen LogP contribution in [0.4, 0.5) is 0 Å². The van der Waals surface area contributed by atoms with Gasteiger partial charge < -0.3 is 5.11 Å². The third-order valence-corrected chi connectivity index (χ3v) is 2.39. The van der Waals surface area contributed by atoms with Gasteiger partial charge in [0.15, 0.2) is 0 Å². The molecule has 0 fully saturated rings. The molecule has 2 atom stereocenters. The molecule has 0 amide bonds. The first-order valence-electron chi connectivity index (χ1n) is 4.85. The minimum Gasteiger partial charge on any atom is -0.396 e. The van der Waals surface area contributed by atoms with E-state index in [-0.39, 0.29) is 0 Å². The highest BCUT2D eigenvalue weighted by atomic mass is 16.3. The minimum absolute atomic E-state index is 0.373. The SMILES string of the molecule is CCC[C@@H](CO)C[C@H](C)CC. The fourth-order valence-electron chi connectivity index (χ4n) is 1.43. The maximum absolute atomic E-state index is 9.00. The van der Waals surface area contributed by atoms with Gasteiger partial charge in [-0.2, -0.15) is 0 Å². The fraction of sp³-hybridized carbons (Fsp3) is 1.00. The number of aliphatic hydroxyl groups excluding tert-OH is 1. The summed E-state index contributed by atoms with van der Waals surface area (Å²) in [5.74, 6) is 1.33. The van der Waals surface area contributed by atoms with Crippen molar-refractivity contribution in [1.82, 2.24) is 0 Å². The van der Waals surface area contributed by atoms with Crippen molar-refractivity contribution in [3.63, 3.8) is 0 Å². The average molecular weight is 158 g/mol. The molecule has 0 heterocycles. The summed E-state index contributed by atoms with van der Waals surface area (Å²) in [6.07, 6.45) is 4.81. The van der Waals surface area contributed by atoms with E-state index in [2.05, 4.69) is 20.8 Å². The summed E-state index contributed by atoms with van der Waals surface area (Å²) < 4.78 is 0. The van der Waals surface area contributed by atoms with Crippen molar-refractivity contribution >= 4 is 0 Å². The van der Waals surface area contributed by atoms with Gasteiger partial charge in [0.25, 0.3) is 0 Å². The van der Waals surface area contributed by atoms with Crippen LogP contribution in [0.5, 0.6) is 0 Å². The zero-order valence-corrected chi connectivity index (χ0v) is 8.14. The molecule has 0 bridgehead atoms. The number of rotatable bonds is 6. The van der Waals surface area contributed by atoms with Crippen molar-refractivity contribution in [2.45, 2.75) is 46.5 Å². The summed E-state index contributed by atoms with van der Waals surface area (Å²) in [6, 6.07) is 0. The van der Waals surface area contributed by atoms with Crippen molar-refractivity contribution in [2.24, 2.45) is 11.8 Å². The van der Waals surface area contributed by atoms with E-state index < -0.39 is 0 Å². The summed E-state index contributed by atoms with van der Waals surface area (Å²) in [7, 11) is 0. The van der Waals surface area contributed by atoms with Crippen molar-refractivity contribution in [1.29, 1.82) is 0 Å². The average Bonchev–Trinajstić information content (AvgIpc) is 2.03. The van der Waals surface area contributed by atoms with Gasteiger partial charge in [-0.15, -0.1) is 0 Å². The predicted octanol–water partition coefficient (Wildman–Crippen LogP) is 2.83. The molecule has 0 saturated carbocycles. The van der Waals surface area contributed by atoms with Crippen LogP contribution in [-0.4, -0.2) is 11.7 Å². The Morgan fingerprint density at radius 3 is 2.27 bits per heavy atom. The molecule has 68 valence electrons. The number of hydrogen-bond donors (Lipinski definition) is 1. The Morgan fingerprint density at radius 1 is 1.27 bits per heavy atom. The van der Waals surface area contributed by atoms with E-state index in [9.17, 15) is 0 Å². The highest BCUT2D eigenvalue weighted by Gasteiger charge is 2.09. The Kier molecular flexibility index (Phi) is 6.63. The smallest absolute Gasteiger partial charge is 0.0459 e. The molecule has 0 aromatic carbocycles. The Morgan fingerprint density at radius 2 is 1.91 bits per heavy atom. The lowest BCUT2D eigenvalue weighted by atomic mass is 9.91. The summed E-state index contributed by atoms with van der Waals surface area (Å²) >= 11 is 0. The molecule has 0 saturated heterocycles. The maximum atomic E-state index is 9.00. The first kappa shape index (κ1) is 11.0. The second-order valence-electron chi connectivity index (χ2n) is 3.59. The van der Waals surface area contributed by atoms with Crippen LogP contribution in [0.25, 0.3) is 0 Å². The molecular formula is C10H22O. The van der Waals surface area contributed by atoms with E-state index in [0.717, 1.165) is 5.92 Å². The molecule has 0 aliphatic rings. The van der Waals surface area contributed by atoms with Gasteiger partial charge in [-0.3, -0.25) is 0 Å². The van der Waals surface area contributed by atoms with E-state index in [4.69, 9.17) is 5.11 Å². The third-order valence-electron chi connectivity index (χ3n) is 2.39. The van der Waals surface area contributed by atoms with Gasteiger partial charge in [0.05, 0.1) is 0 Å². The van der Waals surface area contributed by atoms with E-state index in [1.54, 1.807) is 0 Å². The molecule has 0 unspecified atom stereocenters. The normalized spacial score (nSPS) is 16.4. The van der Waals surface area contributed by atoms with Gasteiger partial charge in [0.2, 0.25) is 0 Å². The van der Waals surface area contributed by atoms with Crippen molar-refractivity contribution in [3.8, 4) is 0 Å². The quantitative estimate of drug-likeness (QED) is 0.630. The van der Waals surface area contributed by atoms with Crippen molar-refractivity contribution in [2.75, 3.05) is 6.61 Å². The van der Waals surface area contributed by atoms with Crippen LogP contribution in [0.3, 0.4) is 0 Å². The summed E-state index contributed by atoms with van der Waals surface area (Å²) in [5, 5.41) is 9.00. The highest BCUT2D eigenvalue weighted by Crippen LogP contribution is 2.18. The Hall–Kier alpha value is -0.0400. The van der Waals surface area contributed by atoms with Crippen LogP contribution in [-0.2, 0) is 0 Å². The Bertz CT molecular complexity index is 80.9. The second kappa shape index (κ2) is 6.66. The second-order valence-corrected chi connectivity index (χ2v) is 3.59. The lowest BCUT2D eigenvalue weighted by molar-refractivity contribution is 0.193. The van der Waals surface area contributed by atoms with Crippen molar-refractivity contribution < 1.29 is 5.11 Å². The van der Waals surface area contributed by atoms with E-state index in [1.807, 2.05) is 0 Å². The van der Waals surface area contributed by atoms with Crippen LogP contribution >= 0.6 is 0 Å². The number of hydrogen-bond acceptors (Lipinski definition) is 1. The monoisotopic (exact) mass is 158 g/mol. The van der Waals surface area contributed by atoms with Gasteiger partial charge >= 0.3 is 0 Å². The molecule has 0 aliphatic heterocycles. The molecule has 0 aromatic rings. The van der Waals surface area contributed by atoms with Crippen LogP contribution in [0, 0.1) is 11.8 Å². The van der Waals surface area contributed by atoms with Gasteiger partial charge in [-0.05, 0) is 24.7 Å². The first-order chi connectivity index (χ1) is 5.24. The molecule has 11 heavy (non-hydrogen) atoms. The summed E-state index contributed by atoms with van der Waals surface area (Å²) in [5.41, 5.74) is 0. The lowest BCUT2D eigenvalue weighted by Crippen LogP contribution is -2.09. The third kappa shape index (κ3) is 5.25. The van der Waals surface area contributed by atoms with Crippen LogP contribution in [0.1, 0.15) is 46.5 Å². The largest absolute Gasteiger partial charge is 0.396 e. The molecule has 0 aromatic heterocycles. The number of aliphatic hydroxyl groups is 1. The fourth-order valence-corrected chi connectivity index (χ4v) is 1.43.